The van der Waals surface area contributed by atoms with Crippen LogP contribution in [0.4, 0.5) is 0 Å². The van der Waals surface area contributed by atoms with Gasteiger partial charge in [-0.25, -0.2) is 0 Å². The van der Waals surface area contributed by atoms with Crippen LogP contribution < -0.4 is 4.74 Å². The Morgan fingerprint density at radius 1 is 1.25 bits per heavy atom. The second-order valence-corrected chi connectivity index (χ2v) is 7.31. The molecule has 0 saturated heterocycles. The number of amides is 1. The average molecular weight is 393 g/mol. The number of thioether (sulfide) groups is 1. The van der Waals surface area contributed by atoms with Gasteiger partial charge in [0.15, 0.2) is 5.84 Å². The fourth-order valence-electron chi connectivity index (χ4n) is 2.98. The van der Waals surface area contributed by atoms with Crippen LogP contribution >= 0.6 is 11.8 Å². The predicted molar refractivity (Wildman–Crippen MR) is 112 cm³/mol. The third kappa shape index (κ3) is 3.27. The molecule has 0 spiro atoms. The van der Waals surface area contributed by atoms with Gasteiger partial charge in [0, 0.05) is 17.6 Å². The van der Waals surface area contributed by atoms with Crippen molar-refractivity contribution in [3.8, 4) is 11.4 Å². The monoisotopic (exact) mass is 393 g/mol. The van der Waals surface area contributed by atoms with E-state index in [1.54, 1.807) is 13.2 Å². The van der Waals surface area contributed by atoms with Crippen LogP contribution in [-0.2, 0) is 4.79 Å². The van der Waals surface area contributed by atoms with E-state index in [1.807, 2.05) is 47.2 Å². The molecule has 8 heteroatoms. The maximum absolute atomic E-state index is 12.6. The van der Waals surface area contributed by atoms with E-state index < -0.39 is 5.91 Å². The lowest BCUT2D eigenvalue weighted by Crippen LogP contribution is -2.35. The Kier molecular flexibility index (Phi) is 4.87. The van der Waals surface area contributed by atoms with Crippen LogP contribution in [0, 0.1) is 5.41 Å². The number of nitrogens with one attached hydrogen (secondary N) is 1. The molecule has 1 aromatic carbocycles. The van der Waals surface area contributed by atoms with Crippen molar-refractivity contribution in [2.24, 2.45) is 10.1 Å². The molecule has 28 heavy (non-hydrogen) atoms. The SMILES string of the molecule is CCCC1=NN2C(=N)/C(=C/c3cccn3-c3ccc(OC)cc3)C(=O)N=C2S1. The number of carbonyl (C=O) groups is 1. The molecule has 0 bridgehead atoms. The summed E-state index contributed by atoms with van der Waals surface area (Å²) in [4.78, 5) is 16.7. The standard InChI is InChI=1S/C20H19N5O2S/c1-3-5-17-23-25-18(21)16(19(26)22-20(25)28-17)12-14-6-4-11-24(14)13-7-9-15(27-2)10-8-13/h4,6-12,21H,3,5H2,1-2H3/b16-12-,21-18?. The van der Waals surface area contributed by atoms with E-state index in [0.29, 0.717) is 5.17 Å². The van der Waals surface area contributed by atoms with Crippen LogP contribution in [0.2, 0.25) is 0 Å². The molecule has 0 fully saturated rings. The van der Waals surface area contributed by atoms with Crippen LogP contribution in [0.3, 0.4) is 0 Å². The molecule has 3 heterocycles. The van der Waals surface area contributed by atoms with Crippen molar-refractivity contribution in [3.05, 3.63) is 53.9 Å². The van der Waals surface area contributed by atoms with Gasteiger partial charge >= 0.3 is 0 Å². The molecule has 2 aliphatic rings. The Balaban J connectivity index is 1.68. The zero-order valence-electron chi connectivity index (χ0n) is 15.5. The summed E-state index contributed by atoms with van der Waals surface area (Å²) < 4.78 is 7.15. The van der Waals surface area contributed by atoms with Crippen LogP contribution in [0.5, 0.6) is 5.75 Å². The highest BCUT2D eigenvalue weighted by Gasteiger charge is 2.35. The number of hydrogen-bond acceptors (Lipinski definition) is 5. The van der Waals surface area contributed by atoms with Crippen molar-refractivity contribution in [1.29, 1.82) is 5.41 Å². The number of hydrazone groups is 1. The lowest BCUT2D eigenvalue weighted by molar-refractivity contribution is -0.114. The number of fused-ring (bicyclic) bond motifs is 1. The number of ether oxygens (including phenoxy) is 1. The molecular formula is C20H19N5O2S. The highest BCUT2D eigenvalue weighted by Crippen LogP contribution is 2.30. The molecule has 0 radical (unpaired) electrons. The minimum absolute atomic E-state index is 0.0519. The Hall–Kier alpha value is -3.13. The molecule has 7 nitrogen and oxygen atoms in total. The summed E-state index contributed by atoms with van der Waals surface area (Å²) in [7, 11) is 1.63. The molecule has 1 aromatic heterocycles. The first kappa shape index (κ1) is 18.2. The zero-order chi connectivity index (χ0) is 19.7. The normalized spacial score (nSPS) is 17.6. The van der Waals surface area contributed by atoms with Gasteiger partial charge in [-0.1, -0.05) is 6.92 Å². The molecule has 0 aliphatic carbocycles. The number of aromatic nitrogens is 1. The second kappa shape index (κ2) is 7.47. The maximum atomic E-state index is 12.6. The average Bonchev–Trinajstić information content (AvgIpc) is 3.32. The Bertz CT molecular complexity index is 1030. The highest BCUT2D eigenvalue weighted by atomic mass is 32.2. The molecule has 2 aromatic rings. The summed E-state index contributed by atoms with van der Waals surface area (Å²) in [6.07, 6.45) is 5.35. The second-order valence-electron chi connectivity index (χ2n) is 6.26. The van der Waals surface area contributed by atoms with E-state index in [4.69, 9.17) is 10.1 Å². The lowest BCUT2D eigenvalue weighted by Gasteiger charge is -2.20. The third-order valence-corrected chi connectivity index (χ3v) is 5.35. The first-order valence-corrected chi connectivity index (χ1v) is 9.73. The van der Waals surface area contributed by atoms with Crippen molar-refractivity contribution in [1.82, 2.24) is 9.58 Å². The molecule has 1 amide bonds. The van der Waals surface area contributed by atoms with E-state index in [9.17, 15) is 4.79 Å². The molecule has 142 valence electrons. The van der Waals surface area contributed by atoms with Gasteiger partial charge in [0.25, 0.3) is 5.91 Å². The number of methoxy groups -OCH3 is 1. The van der Waals surface area contributed by atoms with Gasteiger partial charge in [-0.2, -0.15) is 15.1 Å². The van der Waals surface area contributed by atoms with Gasteiger partial charge in [-0.05, 0) is 67.1 Å². The Morgan fingerprint density at radius 2 is 2.04 bits per heavy atom. The minimum Gasteiger partial charge on any atom is -0.497 e. The number of amidine groups is 2. The first-order valence-electron chi connectivity index (χ1n) is 8.91. The molecule has 2 aliphatic heterocycles. The minimum atomic E-state index is -0.417. The van der Waals surface area contributed by atoms with Gasteiger partial charge < -0.3 is 9.30 Å². The van der Waals surface area contributed by atoms with E-state index >= 15 is 0 Å². The summed E-state index contributed by atoms with van der Waals surface area (Å²) in [6.45, 7) is 2.07. The fourth-order valence-corrected chi connectivity index (χ4v) is 3.97. The number of nitrogens with zero attached hydrogens (tertiary/aromatic N) is 4. The largest absolute Gasteiger partial charge is 0.497 e. The first-order chi connectivity index (χ1) is 13.6. The van der Waals surface area contributed by atoms with Crippen LogP contribution in [-0.4, -0.2) is 38.6 Å². The number of rotatable bonds is 5. The molecule has 4 rings (SSSR count). The number of benzene rings is 1. The van der Waals surface area contributed by atoms with Gasteiger partial charge in [0.05, 0.1) is 12.7 Å². The summed E-state index contributed by atoms with van der Waals surface area (Å²) in [5.74, 6) is 0.407. The smallest absolute Gasteiger partial charge is 0.283 e. The van der Waals surface area contributed by atoms with E-state index in [2.05, 4.69) is 17.0 Å². The highest BCUT2D eigenvalue weighted by molar-refractivity contribution is 8.26. The van der Waals surface area contributed by atoms with Gasteiger partial charge in [0.2, 0.25) is 5.17 Å². The van der Waals surface area contributed by atoms with Crippen LogP contribution in [0.1, 0.15) is 25.5 Å². The summed E-state index contributed by atoms with van der Waals surface area (Å²) in [5, 5.41) is 15.7. The number of carbonyl (C=O) groups excluding carboxylic acids is 1. The van der Waals surface area contributed by atoms with Crippen molar-refractivity contribution in [2.75, 3.05) is 7.11 Å². The zero-order valence-corrected chi connectivity index (χ0v) is 16.4. The van der Waals surface area contributed by atoms with E-state index in [-0.39, 0.29) is 11.4 Å². The van der Waals surface area contributed by atoms with Crippen LogP contribution in [0.15, 0.2) is 58.3 Å². The lowest BCUT2D eigenvalue weighted by atomic mass is 10.1. The van der Waals surface area contributed by atoms with Crippen molar-refractivity contribution in [3.63, 3.8) is 0 Å². The third-order valence-electron chi connectivity index (χ3n) is 4.38. The van der Waals surface area contributed by atoms with Gasteiger partial charge in [-0.15, -0.1) is 0 Å². The van der Waals surface area contributed by atoms with Crippen molar-refractivity contribution < 1.29 is 9.53 Å². The maximum Gasteiger partial charge on any atom is 0.283 e. The van der Waals surface area contributed by atoms with Crippen molar-refractivity contribution >= 4 is 39.8 Å². The molecular weight excluding hydrogens is 374 g/mol. The van der Waals surface area contributed by atoms with Gasteiger partial charge in [-0.3, -0.25) is 10.2 Å². The number of aliphatic imine (C=N–C) groups is 1. The molecule has 1 N–H and O–H groups in total. The molecule has 0 unspecified atom stereocenters. The summed E-state index contributed by atoms with van der Waals surface area (Å²) >= 11 is 1.36. The topological polar surface area (TPSA) is 83.0 Å². The van der Waals surface area contributed by atoms with Crippen LogP contribution in [0.25, 0.3) is 11.8 Å². The quantitative estimate of drug-likeness (QED) is 0.781. The summed E-state index contributed by atoms with van der Waals surface area (Å²) in [5.41, 5.74) is 1.93. The molecule has 0 atom stereocenters. The summed E-state index contributed by atoms with van der Waals surface area (Å²) in [6, 6.07) is 11.4. The fraction of sp³-hybridized carbons (Fsp3) is 0.200. The van der Waals surface area contributed by atoms with Crippen molar-refractivity contribution in [2.45, 2.75) is 19.8 Å². The predicted octanol–water partition coefficient (Wildman–Crippen LogP) is 3.91. The van der Waals surface area contributed by atoms with E-state index in [0.717, 1.165) is 35.0 Å². The Morgan fingerprint density at radius 3 is 2.75 bits per heavy atom. The van der Waals surface area contributed by atoms with E-state index in [1.165, 1.54) is 16.8 Å². The number of hydrogen-bond donors (Lipinski definition) is 1. The van der Waals surface area contributed by atoms with Gasteiger partial charge in [0.1, 0.15) is 10.8 Å². The Labute approximate surface area is 166 Å². The molecule has 0 saturated carbocycles.